The Kier molecular flexibility index (Phi) is 4.34. The number of halogens is 3. The van der Waals surface area contributed by atoms with Crippen LogP contribution in [0.5, 0.6) is 0 Å². The fourth-order valence-electron chi connectivity index (χ4n) is 1.01. The van der Waals surface area contributed by atoms with Gasteiger partial charge in [0.05, 0.1) is 12.0 Å². The number of hydrogen-bond donors (Lipinski definition) is 1. The number of carboxylic acid groups (broad SMARTS) is 1. The van der Waals surface area contributed by atoms with Crippen LogP contribution in [-0.2, 0) is 14.3 Å². The lowest BCUT2D eigenvalue weighted by atomic mass is 9.76. The largest absolute Gasteiger partial charge is 0.478 e. The third-order valence-electron chi connectivity index (χ3n) is 2.28. The Balaban J connectivity index is 5.44. The van der Waals surface area contributed by atoms with E-state index < -0.39 is 29.4 Å². The molecule has 0 rings (SSSR count). The summed E-state index contributed by atoms with van der Waals surface area (Å²) < 4.78 is 43.3. The fraction of sp³-hybridized carbons (Fsp3) is 0.778. The highest BCUT2D eigenvalue weighted by atomic mass is 19.3. The maximum Gasteiger partial charge on any atom is 0.356 e. The van der Waals surface area contributed by atoms with Crippen LogP contribution >= 0.6 is 0 Å². The van der Waals surface area contributed by atoms with Gasteiger partial charge in [-0.25, -0.2) is 22.8 Å². The van der Waals surface area contributed by atoms with E-state index in [0.717, 1.165) is 0 Å². The second-order valence-corrected chi connectivity index (χ2v) is 3.71. The fourth-order valence-corrected chi connectivity index (χ4v) is 1.01. The Labute approximate surface area is 90.4 Å². The molecule has 0 aromatic rings. The molecule has 1 N–H and O–H groups in total. The molecule has 1 unspecified atom stereocenters. The van der Waals surface area contributed by atoms with Gasteiger partial charge in [-0.2, -0.15) is 0 Å². The molecular formula is C9H13F3O4. The van der Waals surface area contributed by atoms with Gasteiger partial charge >= 0.3 is 17.6 Å². The minimum atomic E-state index is -3.77. The van der Waals surface area contributed by atoms with Gasteiger partial charge < -0.3 is 9.84 Å². The maximum atomic E-state index is 14.0. The first-order valence-corrected chi connectivity index (χ1v) is 4.50. The van der Waals surface area contributed by atoms with E-state index >= 15 is 0 Å². The zero-order chi connectivity index (χ0) is 13.1. The summed E-state index contributed by atoms with van der Waals surface area (Å²) in [5, 5.41) is 8.60. The normalized spacial score (nSPS) is 15.7. The average molecular weight is 242 g/mol. The van der Waals surface area contributed by atoms with E-state index in [1.54, 1.807) is 0 Å². The lowest BCUT2D eigenvalue weighted by Crippen LogP contribution is -2.57. The molecule has 0 bridgehead atoms. The summed E-state index contributed by atoms with van der Waals surface area (Å²) in [7, 11) is 0. The Morgan fingerprint density at radius 1 is 1.38 bits per heavy atom. The number of carboxylic acids is 1. The molecule has 1 atom stereocenters. The van der Waals surface area contributed by atoms with Gasteiger partial charge in [-0.1, -0.05) is 13.8 Å². The lowest BCUT2D eigenvalue weighted by Gasteiger charge is -2.33. The SMILES string of the molecule is CCOC(=O)C(F)(C(=O)O)C(C)(C)C(F)F. The quantitative estimate of drug-likeness (QED) is 0.588. The van der Waals surface area contributed by atoms with Crippen molar-refractivity contribution in [1.29, 1.82) is 0 Å². The summed E-state index contributed by atoms with van der Waals surface area (Å²) in [5.74, 6) is -4.09. The van der Waals surface area contributed by atoms with Gasteiger partial charge in [0.1, 0.15) is 0 Å². The number of carbonyl (C=O) groups is 2. The van der Waals surface area contributed by atoms with E-state index in [1.165, 1.54) is 6.92 Å². The number of rotatable bonds is 5. The monoisotopic (exact) mass is 242 g/mol. The Morgan fingerprint density at radius 3 is 2.06 bits per heavy atom. The summed E-state index contributed by atoms with van der Waals surface area (Å²) >= 11 is 0. The van der Waals surface area contributed by atoms with Crippen LogP contribution in [0.1, 0.15) is 20.8 Å². The van der Waals surface area contributed by atoms with E-state index in [9.17, 15) is 22.8 Å². The van der Waals surface area contributed by atoms with Crippen LogP contribution in [0.4, 0.5) is 13.2 Å². The molecule has 0 radical (unpaired) electrons. The van der Waals surface area contributed by atoms with E-state index in [0.29, 0.717) is 13.8 Å². The molecular weight excluding hydrogens is 229 g/mol. The third kappa shape index (κ3) is 2.12. The lowest BCUT2D eigenvalue weighted by molar-refractivity contribution is -0.191. The van der Waals surface area contributed by atoms with Gasteiger partial charge in [0.25, 0.3) is 0 Å². The number of esters is 1. The topological polar surface area (TPSA) is 63.6 Å². The summed E-state index contributed by atoms with van der Waals surface area (Å²) in [6.45, 7) is 2.33. The Bertz CT molecular complexity index is 290. The van der Waals surface area contributed by atoms with E-state index in [2.05, 4.69) is 4.74 Å². The number of carbonyl (C=O) groups excluding carboxylic acids is 1. The predicted octanol–water partition coefficient (Wildman–Crippen LogP) is 1.63. The summed E-state index contributed by atoms with van der Waals surface area (Å²) in [6.07, 6.45) is -3.32. The molecule has 0 heterocycles. The van der Waals surface area contributed by atoms with Crippen molar-refractivity contribution in [2.24, 2.45) is 5.41 Å². The second-order valence-electron chi connectivity index (χ2n) is 3.71. The molecule has 0 aromatic carbocycles. The van der Waals surface area contributed by atoms with Crippen LogP contribution < -0.4 is 0 Å². The molecule has 0 aromatic heterocycles. The summed E-state index contributed by atoms with van der Waals surface area (Å²) in [5.41, 5.74) is -6.44. The van der Waals surface area contributed by atoms with Gasteiger partial charge in [0, 0.05) is 0 Å². The highest BCUT2D eigenvalue weighted by molar-refractivity contribution is 6.03. The Hall–Kier alpha value is -1.27. The second kappa shape index (κ2) is 4.71. The molecule has 16 heavy (non-hydrogen) atoms. The minimum Gasteiger partial charge on any atom is -0.478 e. The van der Waals surface area contributed by atoms with E-state index in [-0.39, 0.29) is 6.61 Å². The molecule has 0 amide bonds. The molecule has 7 heteroatoms. The Morgan fingerprint density at radius 2 is 1.81 bits per heavy atom. The van der Waals surface area contributed by atoms with Crippen LogP contribution in [0.15, 0.2) is 0 Å². The first-order valence-electron chi connectivity index (χ1n) is 4.50. The number of hydrogen-bond acceptors (Lipinski definition) is 3. The number of ether oxygens (including phenoxy) is 1. The maximum absolute atomic E-state index is 14.0. The molecule has 0 saturated heterocycles. The highest BCUT2D eigenvalue weighted by Gasteiger charge is 2.64. The molecule has 4 nitrogen and oxygen atoms in total. The van der Waals surface area contributed by atoms with Crippen molar-refractivity contribution in [2.45, 2.75) is 32.9 Å². The van der Waals surface area contributed by atoms with Crippen molar-refractivity contribution in [1.82, 2.24) is 0 Å². The molecule has 0 spiro atoms. The standard InChI is InChI=1S/C9H13F3O4/c1-4-16-7(15)9(12,6(13)14)8(2,3)5(10)11/h5H,4H2,1-3H3,(H,13,14). The van der Waals surface area contributed by atoms with E-state index in [1.807, 2.05) is 0 Å². The zero-order valence-corrected chi connectivity index (χ0v) is 9.09. The van der Waals surface area contributed by atoms with Crippen molar-refractivity contribution in [2.75, 3.05) is 6.61 Å². The smallest absolute Gasteiger partial charge is 0.356 e. The predicted molar refractivity (Wildman–Crippen MR) is 47.9 cm³/mol. The first kappa shape index (κ1) is 14.7. The van der Waals surface area contributed by atoms with Gasteiger partial charge in [-0.05, 0) is 6.92 Å². The van der Waals surface area contributed by atoms with E-state index in [4.69, 9.17) is 5.11 Å². The number of alkyl halides is 3. The molecule has 94 valence electrons. The van der Waals surface area contributed by atoms with Gasteiger partial charge in [-0.15, -0.1) is 0 Å². The van der Waals surface area contributed by atoms with Crippen LogP contribution in [0.25, 0.3) is 0 Å². The minimum absolute atomic E-state index is 0.295. The first-order chi connectivity index (χ1) is 7.12. The van der Waals surface area contributed by atoms with Gasteiger partial charge in [-0.3, -0.25) is 0 Å². The van der Waals surface area contributed by atoms with Crippen molar-refractivity contribution in [3.63, 3.8) is 0 Å². The van der Waals surface area contributed by atoms with Crippen molar-refractivity contribution in [3.8, 4) is 0 Å². The van der Waals surface area contributed by atoms with Crippen molar-refractivity contribution >= 4 is 11.9 Å². The van der Waals surface area contributed by atoms with Crippen LogP contribution in [0.3, 0.4) is 0 Å². The van der Waals surface area contributed by atoms with Gasteiger partial charge in [0.2, 0.25) is 6.43 Å². The van der Waals surface area contributed by atoms with Crippen molar-refractivity contribution in [3.05, 3.63) is 0 Å². The third-order valence-corrected chi connectivity index (χ3v) is 2.28. The molecule has 0 aliphatic carbocycles. The summed E-state index contributed by atoms with van der Waals surface area (Å²) in [6, 6.07) is 0. The van der Waals surface area contributed by atoms with Crippen LogP contribution in [-0.4, -0.2) is 35.7 Å². The highest BCUT2D eigenvalue weighted by Crippen LogP contribution is 2.41. The molecule has 0 saturated carbocycles. The van der Waals surface area contributed by atoms with Gasteiger partial charge in [0.15, 0.2) is 0 Å². The van der Waals surface area contributed by atoms with Crippen molar-refractivity contribution < 1.29 is 32.6 Å². The molecule has 0 aliphatic heterocycles. The molecule has 0 aliphatic rings. The zero-order valence-electron chi connectivity index (χ0n) is 9.09. The summed E-state index contributed by atoms with van der Waals surface area (Å²) in [4.78, 5) is 21.8. The number of aliphatic carboxylic acids is 1. The van der Waals surface area contributed by atoms with Crippen LogP contribution in [0, 0.1) is 5.41 Å². The average Bonchev–Trinajstić information content (AvgIpc) is 2.15. The molecule has 0 fully saturated rings. The van der Waals surface area contributed by atoms with Crippen LogP contribution in [0.2, 0.25) is 0 Å².